The average Bonchev–Trinajstić information content (AvgIpc) is 3.26. The van der Waals surface area contributed by atoms with E-state index in [0.29, 0.717) is 19.3 Å². The number of hydrogen-bond acceptors (Lipinski definition) is 6. The highest BCUT2D eigenvalue weighted by molar-refractivity contribution is 5.71. The van der Waals surface area contributed by atoms with Crippen molar-refractivity contribution in [3.05, 3.63) is 60.8 Å². The van der Waals surface area contributed by atoms with Crippen LogP contribution in [0.3, 0.4) is 0 Å². The third-order valence-electron chi connectivity index (χ3n) is 11.2. The molecular formula is C55H96O6. The molecule has 0 aromatic carbocycles. The summed E-state index contributed by atoms with van der Waals surface area (Å²) in [6.45, 7) is 6.44. The first-order chi connectivity index (χ1) is 30.0. The van der Waals surface area contributed by atoms with Crippen LogP contribution in [0.4, 0.5) is 0 Å². The van der Waals surface area contributed by atoms with Gasteiger partial charge in [-0.2, -0.15) is 0 Å². The SMILES string of the molecule is CC\C=C/C=C\C=C/C=C\C=C/CCCC(=O)OC(COC(=O)CCCCCCCCCCCCC)COC(=O)CCCCCCCCCCCCCCCCCCCCC. The lowest BCUT2D eigenvalue weighted by Crippen LogP contribution is -2.30. The first kappa shape index (κ1) is 58.1. The predicted molar refractivity (Wildman–Crippen MR) is 261 cm³/mol. The molecule has 0 aliphatic heterocycles. The van der Waals surface area contributed by atoms with E-state index in [4.69, 9.17) is 14.2 Å². The molecule has 1 atom stereocenters. The number of allylic oxidation sites excluding steroid dienone is 10. The Labute approximate surface area is 377 Å². The van der Waals surface area contributed by atoms with E-state index in [1.807, 2.05) is 54.7 Å². The molecule has 0 aromatic heterocycles. The molecule has 0 amide bonds. The van der Waals surface area contributed by atoms with Crippen LogP contribution in [-0.2, 0) is 28.6 Å². The summed E-state index contributed by atoms with van der Waals surface area (Å²) < 4.78 is 16.7. The first-order valence-corrected chi connectivity index (χ1v) is 25.9. The van der Waals surface area contributed by atoms with Gasteiger partial charge in [0.2, 0.25) is 0 Å². The van der Waals surface area contributed by atoms with Gasteiger partial charge in [-0.1, -0.05) is 261 Å². The number of carbonyl (C=O) groups is 3. The van der Waals surface area contributed by atoms with Crippen molar-refractivity contribution in [1.29, 1.82) is 0 Å². The van der Waals surface area contributed by atoms with Crippen LogP contribution in [0.25, 0.3) is 0 Å². The second-order valence-corrected chi connectivity index (χ2v) is 17.2. The van der Waals surface area contributed by atoms with Crippen LogP contribution in [0.1, 0.15) is 252 Å². The molecule has 6 heteroatoms. The van der Waals surface area contributed by atoms with Crippen LogP contribution >= 0.6 is 0 Å². The van der Waals surface area contributed by atoms with Crippen LogP contribution in [-0.4, -0.2) is 37.2 Å². The van der Waals surface area contributed by atoms with Gasteiger partial charge >= 0.3 is 17.9 Å². The molecule has 0 saturated heterocycles. The Hall–Kier alpha value is -2.89. The van der Waals surface area contributed by atoms with Crippen molar-refractivity contribution in [3.63, 3.8) is 0 Å². The Morgan fingerprint density at radius 1 is 0.344 bits per heavy atom. The van der Waals surface area contributed by atoms with Crippen molar-refractivity contribution in [2.24, 2.45) is 0 Å². The highest BCUT2D eigenvalue weighted by Crippen LogP contribution is 2.16. The van der Waals surface area contributed by atoms with E-state index < -0.39 is 6.10 Å². The van der Waals surface area contributed by atoms with E-state index in [0.717, 1.165) is 51.4 Å². The van der Waals surface area contributed by atoms with Crippen molar-refractivity contribution in [2.75, 3.05) is 13.2 Å². The fourth-order valence-electron chi connectivity index (χ4n) is 7.30. The maximum Gasteiger partial charge on any atom is 0.306 e. The number of ether oxygens (including phenoxy) is 3. The Kier molecular flexibility index (Phi) is 47.4. The minimum atomic E-state index is -0.806. The molecule has 0 aliphatic rings. The predicted octanol–water partition coefficient (Wildman–Crippen LogP) is 16.9. The lowest BCUT2D eigenvalue weighted by molar-refractivity contribution is -0.167. The standard InChI is InChI=1S/C55H96O6/c1-4-7-10-13-16-19-22-24-25-26-27-28-29-31-33-36-39-42-45-48-54(57)60-51-52(50-59-53(56)47-44-41-38-35-32-21-18-15-12-9-6-3)61-55(58)49-46-43-40-37-34-30-23-20-17-14-11-8-5-2/h8,11,14,17,20,23,30,34,37,40,52H,4-7,9-10,12-13,15-16,18-19,21-22,24-29,31-33,35-36,38-39,41-51H2,1-3H3/b11-8-,17-14-,23-20-,34-30-,40-37-. The number of rotatable bonds is 46. The summed E-state index contributed by atoms with van der Waals surface area (Å²) in [7, 11) is 0. The number of esters is 3. The zero-order valence-corrected chi connectivity index (χ0v) is 40.2. The van der Waals surface area contributed by atoms with Crippen molar-refractivity contribution < 1.29 is 28.6 Å². The maximum atomic E-state index is 12.7. The van der Waals surface area contributed by atoms with Gasteiger partial charge in [-0.15, -0.1) is 0 Å². The van der Waals surface area contributed by atoms with E-state index in [9.17, 15) is 14.4 Å². The molecule has 0 aromatic rings. The zero-order chi connectivity index (χ0) is 44.4. The highest BCUT2D eigenvalue weighted by atomic mass is 16.6. The molecule has 0 rings (SSSR count). The van der Waals surface area contributed by atoms with Gasteiger partial charge in [0, 0.05) is 19.3 Å². The zero-order valence-electron chi connectivity index (χ0n) is 40.2. The Morgan fingerprint density at radius 2 is 0.639 bits per heavy atom. The molecule has 0 radical (unpaired) electrons. The molecule has 352 valence electrons. The van der Waals surface area contributed by atoms with Gasteiger partial charge in [-0.25, -0.2) is 0 Å². The first-order valence-electron chi connectivity index (χ1n) is 25.9. The summed E-state index contributed by atoms with van der Waals surface area (Å²) >= 11 is 0. The van der Waals surface area contributed by atoms with Crippen molar-refractivity contribution in [1.82, 2.24) is 0 Å². The summed E-state index contributed by atoms with van der Waals surface area (Å²) in [4.78, 5) is 37.9. The summed E-state index contributed by atoms with van der Waals surface area (Å²) in [5, 5.41) is 0. The lowest BCUT2D eigenvalue weighted by atomic mass is 10.0. The van der Waals surface area contributed by atoms with E-state index >= 15 is 0 Å². The van der Waals surface area contributed by atoms with Gasteiger partial charge in [0.15, 0.2) is 6.10 Å². The summed E-state index contributed by atoms with van der Waals surface area (Å²) in [5.74, 6) is -0.968. The molecule has 0 heterocycles. The average molecular weight is 853 g/mol. The summed E-state index contributed by atoms with van der Waals surface area (Å²) in [6.07, 6.45) is 60.8. The van der Waals surface area contributed by atoms with Crippen molar-refractivity contribution in [2.45, 2.75) is 258 Å². The number of carbonyl (C=O) groups excluding carboxylic acids is 3. The highest BCUT2D eigenvalue weighted by Gasteiger charge is 2.19. The van der Waals surface area contributed by atoms with E-state index in [1.54, 1.807) is 0 Å². The molecule has 0 N–H and O–H groups in total. The molecule has 0 spiro atoms. The van der Waals surface area contributed by atoms with Crippen LogP contribution in [0.15, 0.2) is 60.8 Å². The molecular weight excluding hydrogens is 757 g/mol. The summed E-state index contributed by atoms with van der Waals surface area (Å²) in [6, 6.07) is 0. The van der Waals surface area contributed by atoms with Crippen LogP contribution < -0.4 is 0 Å². The second kappa shape index (κ2) is 49.8. The third-order valence-corrected chi connectivity index (χ3v) is 11.2. The van der Waals surface area contributed by atoms with Gasteiger partial charge in [-0.05, 0) is 32.1 Å². The van der Waals surface area contributed by atoms with Crippen LogP contribution in [0, 0.1) is 0 Å². The maximum absolute atomic E-state index is 12.7. The smallest absolute Gasteiger partial charge is 0.306 e. The minimum Gasteiger partial charge on any atom is -0.462 e. The van der Waals surface area contributed by atoms with Gasteiger partial charge < -0.3 is 14.2 Å². The summed E-state index contributed by atoms with van der Waals surface area (Å²) in [5.41, 5.74) is 0. The normalized spacial score (nSPS) is 12.5. The lowest BCUT2D eigenvalue weighted by Gasteiger charge is -2.18. The molecule has 0 bridgehead atoms. The van der Waals surface area contributed by atoms with E-state index in [-0.39, 0.29) is 37.5 Å². The molecule has 1 unspecified atom stereocenters. The van der Waals surface area contributed by atoms with Crippen molar-refractivity contribution >= 4 is 17.9 Å². The Bertz CT molecular complexity index is 1120. The second-order valence-electron chi connectivity index (χ2n) is 17.2. The number of hydrogen-bond donors (Lipinski definition) is 0. The fraction of sp³-hybridized carbons (Fsp3) is 0.764. The van der Waals surface area contributed by atoms with Gasteiger partial charge in [0.25, 0.3) is 0 Å². The van der Waals surface area contributed by atoms with Gasteiger partial charge in [-0.3, -0.25) is 14.4 Å². The topological polar surface area (TPSA) is 78.9 Å². The Morgan fingerprint density at radius 3 is 0.984 bits per heavy atom. The molecule has 61 heavy (non-hydrogen) atoms. The largest absolute Gasteiger partial charge is 0.462 e. The Balaban J connectivity index is 4.37. The molecule has 6 nitrogen and oxygen atoms in total. The minimum absolute atomic E-state index is 0.0995. The van der Waals surface area contributed by atoms with E-state index in [2.05, 4.69) is 26.8 Å². The molecule has 0 saturated carbocycles. The van der Waals surface area contributed by atoms with Crippen LogP contribution in [0.5, 0.6) is 0 Å². The quantitative estimate of drug-likeness (QED) is 0.0263. The molecule has 0 fully saturated rings. The van der Waals surface area contributed by atoms with Crippen molar-refractivity contribution in [3.8, 4) is 0 Å². The molecule has 0 aliphatic carbocycles. The number of unbranched alkanes of at least 4 members (excludes halogenated alkanes) is 29. The third kappa shape index (κ3) is 48.0. The van der Waals surface area contributed by atoms with Gasteiger partial charge in [0.1, 0.15) is 13.2 Å². The van der Waals surface area contributed by atoms with Gasteiger partial charge in [0.05, 0.1) is 0 Å². The van der Waals surface area contributed by atoms with Crippen LogP contribution in [0.2, 0.25) is 0 Å². The monoisotopic (exact) mass is 853 g/mol. The van der Waals surface area contributed by atoms with E-state index in [1.165, 1.54) is 154 Å². The fourth-order valence-corrected chi connectivity index (χ4v) is 7.30.